The summed E-state index contributed by atoms with van der Waals surface area (Å²) in [6.07, 6.45) is 1.27. The maximum atomic E-state index is 12.4. The van der Waals surface area contributed by atoms with Crippen molar-refractivity contribution in [2.24, 2.45) is 5.92 Å². The van der Waals surface area contributed by atoms with Crippen molar-refractivity contribution in [1.29, 1.82) is 0 Å². The molecule has 28 heavy (non-hydrogen) atoms. The van der Waals surface area contributed by atoms with E-state index in [0.717, 1.165) is 39.3 Å². The summed E-state index contributed by atoms with van der Waals surface area (Å²) in [5.74, 6) is 0.548. The van der Waals surface area contributed by atoms with Crippen molar-refractivity contribution in [3.05, 3.63) is 21.9 Å². The SMILES string of the molecule is CC(C)C(CNC(=O)NCCC(=O)N1CCc2sccc2C1)N1CCOCC1. The maximum absolute atomic E-state index is 12.4. The number of hydrogen-bond acceptors (Lipinski definition) is 5. The molecule has 8 heteroatoms. The Hall–Kier alpha value is -1.64. The second-order valence-corrected chi connectivity index (χ2v) is 8.78. The molecule has 1 aromatic heterocycles. The second-order valence-electron chi connectivity index (χ2n) is 7.78. The topological polar surface area (TPSA) is 73.9 Å². The molecule has 0 spiro atoms. The van der Waals surface area contributed by atoms with Crippen molar-refractivity contribution < 1.29 is 14.3 Å². The van der Waals surface area contributed by atoms with Crippen LogP contribution in [0.4, 0.5) is 4.79 Å². The minimum absolute atomic E-state index is 0.102. The van der Waals surface area contributed by atoms with Gasteiger partial charge in [-0.25, -0.2) is 4.79 Å². The van der Waals surface area contributed by atoms with Crippen molar-refractivity contribution in [2.75, 3.05) is 45.9 Å². The lowest BCUT2D eigenvalue weighted by Gasteiger charge is -2.36. The van der Waals surface area contributed by atoms with E-state index >= 15 is 0 Å². The summed E-state index contributed by atoms with van der Waals surface area (Å²) in [6.45, 7) is 10.1. The lowest BCUT2D eigenvalue weighted by Crippen LogP contribution is -2.52. The van der Waals surface area contributed by atoms with Gasteiger partial charge in [-0.15, -0.1) is 11.3 Å². The van der Waals surface area contributed by atoms with E-state index in [1.165, 1.54) is 10.4 Å². The van der Waals surface area contributed by atoms with Gasteiger partial charge in [0, 0.05) is 56.6 Å². The molecule has 1 unspecified atom stereocenters. The van der Waals surface area contributed by atoms with Crippen molar-refractivity contribution in [3.63, 3.8) is 0 Å². The Bertz CT molecular complexity index is 658. The van der Waals surface area contributed by atoms with Crippen LogP contribution in [-0.2, 0) is 22.5 Å². The molecule has 156 valence electrons. The summed E-state index contributed by atoms with van der Waals surface area (Å²) in [5.41, 5.74) is 1.26. The molecule has 1 atom stereocenters. The van der Waals surface area contributed by atoms with Crippen molar-refractivity contribution >= 4 is 23.3 Å². The van der Waals surface area contributed by atoms with Crippen LogP contribution in [0.3, 0.4) is 0 Å². The van der Waals surface area contributed by atoms with Gasteiger partial charge >= 0.3 is 6.03 Å². The van der Waals surface area contributed by atoms with E-state index in [9.17, 15) is 9.59 Å². The van der Waals surface area contributed by atoms with Gasteiger partial charge in [-0.05, 0) is 29.3 Å². The predicted octanol–water partition coefficient (Wildman–Crippen LogP) is 1.68. The highest BCUT2D eigenvalue weighted by Gasteiger charge is 2.24. The number of carbonyl (C=O) groups excluding carboxylic acids is 2. The van der Waals surface area contributed by atoms with Gasteiger partial charge in [0.15, 0.2) is 0 Å². The van der Waals surface area contributed by atoms with E-state index < -0.39 is 0 Å². The molecule has 1 aromatic rings. The zero-order chi connectivity index (χ0) is 19.9. The highest BCUT2D eigenvalue weighted by atomic mass is 32.1. The number of carbonyl (C=O) groups is 2. The van der Waals surface area contributed by atoms with Gasteiger partial charge in [-0.2, -0.15) is 0 Å². The molecule has 0 saturated carbocycles. The summed E-state index contributed by atoms with van der Waals surface area (Å²) in [6, 6.07) is 2.19. The number of nitrogens with zero attached hydrogens (tertiary/aromatic N) is 2. The third-order valence-corrected chi connectivity index (χ3v) is 6.56. The molecule has 1 fully saturated rings. The molecule has 3 heterocycles. The van der Waals surface area contributed by atoms with Gasteiger partial charge in [0.1, 0.15) is 0 Å². The molecule has 2 N–H and O–H groups in total. The fraction of sp³-hybridized carbons (Fsp3) is 0.700. The number of thiophene rings is 1. The van der Waals surface area contributed by atoms with Crippen molar-refractivity contribution in [1.82, 2.24) is 20.4 Å². The number of hydrogen-bond donors (Lipinski definition) is 2. The van der Waals surface area contributed by atoms with E-state index in [1.54, 1.807) is 11.3 Å². The first-order chi connectivity index (χ1) is 13.5. The van der Waals surface area contributed by atoms with Crippen LogP contribution in [-0.4, -0.2) is 73.7 Å². The quantitative estimate of drug-likeness (QED) is 0.720. The highest BCUT2D eigenvalue weighted by molar-refractivity contribution is 7.10. The molecule has 7 nitrogen and oxygen atoms in total. The first-order valence-electron chi connectivity index (χ1n) is 10.2. The molecule has 1 saturated heterocycles. The fourth-order valence-corrected chi connectivity index (χ4v) is 4.75. The number of fused-ring (bicyclic) bond motifs is 1. The van der Waals surface area contributed by atoms with Gasteiger partial charge in [0.05, 0.1) is 13.2 Å². The molecule has 0 aromatic carbocycles. The Morgan fingerprint density at radius 3 is 2.75 bits per heavy atom. The van der Waals surface area contributed by atoms with Crippen LogP contribution in [0.15, 0.2) is 11.4 Å². The van der Waals surface area contributed by atoms with Gasteiger partial charge in [0.25, 0.3) is 0 Å². The predicted molar refractivity (Wildman–Crippen MR) is 110 cm³/mol. The smallest absolute Gasteiger partial charge is 0.314 e. The Labute approximate surface area is 171 Å². The minimum atomic E-state index is -0.203. The normalized spacial score (nSPS) is 18.6. The third kappa shape index (κ3) is 5.68. The summed E-state index contributed by atoms with van der Waals surface area (Å²) < 4.78 is 5.42. The number of morpholine rings is 1. The minimum Gasteiger partial charge on any atom is -0.379 e. The van der Waals surface area contributed by atoms with E-state index in [-0.39, 0.29) is 11.9 Å². The zero-order valence-corrected chi connectivity index (χ0v) is 17.7. The van der Waals surface area contributed by atoms with Crippen molar-refractivity contribution in [3.8, 4) is 0 Å². The van der Waals surface area contributed by atoms with Crippen LogP contribution in [0.2, 0.25) is 0 Å². The summed E-state index contributed by atoms with van der Waals surface area (Å²) >= 11 is 1.77. The second kappa shape index (κ2) is 10.2. The van der Waals surface area contributed by atoms with E-state index in [1.807, 2.05) is 4.90 Å². The summed E-state index contributed by atoms with van der Waals surface area (Å²) in [7, 11) is 0. The van der Waals surface area contributed by atoms with Gasteiger partial charge in [0.2, 0.25) is 5.91 Å². The first-order valence-corrected chi connectivity index (χ1v) is 11.1. The van der Waals surface area contributed by atoms with Crippen LogP contribution in [0.5, 0.6) is 0 Å². The number of nitrogens with one attached hydrogen (secondary N) is 2. The lowest BCUT2D eigenvalue weighted by molar-refractivity contribution is -0.131. The number of urea groups is 1. The summed E-state index contributed by atoms with van der Waals surface area (Å²) in [5, 5.41) is 7.88. The van der Waals surface area contributed by atoms with Crippen LogP contribution in [0, 0.1) is 5.92 Å². The average Bonchev–Trinajstić information content (AvgIpc) is 3.16. The monoisotopic (exact) mass is 408 g/mol. The number of ether oxygens (including phenoxy) is 1. The number of rotatable bonds is 7. The summed E-state index contributed by atoms with van der Waals surface area (Å²) in [4.78, 5) is 30.2. The Morgan fingerprint density at radius 2 is 2.00 bits per heavy atom. The van der Waals surface area contributed by atoms with Crippen LogP contribution >= 0.6 is 11.3 Å². The fourth-order valence-electron chi connectivity index (χ4n) is 3.86. The van der Waals surface area contributed by atoms with Gasteiger partial charge in [-0.1, -0.05) is 13.8 Å². The standard InChI is InChI=1S/C20H32N4O3S/c1-15(2)17(23-8-10-27-11-9-23)13-22-20(26)21-6-3-19(25)24-7-4-18-16(14-24)5-12-28-18/h5,12,15,17H,3-4,6-11,13-14H2,1-2H3,(H2,21,22,26). The van der Waals surface area contributed by atoms with Gasteiger partial charge in [-0.3, -0.25) is 9.69 Å². The maximum Gasteiger partial charge on any atom is 0.314 e. The molecule has 2 aliphatic heterocycles. The largest absolute Gasteiger partial charge is 0.379 e. The lowest BCUT2D eigenvalue weighted by atomic mass is 10.0. The molecule has 3 amide bonds. The van der Waals surface area contributed by atoms with Crippen LogP contribution in [0.25, 0.3) is 0 Å². The molecular weight excluding hydrogens is 376 g/mol. The Balaban J connectivity index is 1.35. The molecule has 3 rings (SSSR count). The Morgan fingerprint density at radius 1 is 1.21 bits per heavy atom. The van der Waals surface area contributed by atoms with E-state index in [0.29, 0.717) is 38.0 Å². The van der Waals surface area contributed by atoms with Crippen molar-refractivity contribution in [2.45, 2.75) is 39.3 Å². The van der Waals surface area contributed by atoms with Crippen LogP contribution < -0.4 is 10.6 Å². The van der Waals surface area contributed by atoms with E-state index in [4.69, 9.17) is 4.74 Å². The zero-order valence-electron chi connectivity index (χ0n) is 16.9. The number of amides is 3. The molecule has 0 radical (unpaired) electrons. The molecule has 0 aliphatic carbocycles. The van der Waals surface area contributed by atoms with Gasteiger partial charge < -0.3 is 20.3 Å². The first kappa shape index (κ1) is 21.1. The molecular formula is C20H32N4O3S. The average molecular weight is 409 g/mol. The molecule has 0 bridgehead atoms. The molecule has 2 aliphatic rings. The highest BCUT2D eigenvalue weighted by Crippen LogP contribution is 2.24. The van der Waals surface area contributed by atoms with E-state index in [2.05, 4.69) is 40.8 Å². The Kier molecular flexibility index (Phi) is 7.70. The third-order valence-electron chi connectivity index (χ3n) is 5.54. The van der Waals surface area contributed by atoms with Crippen LogP contribution in [0.1, 0.15) is 30.7 Å².